The van der Waals surface area contributed by atoms with Crippen molar-refractivity contribution in [2.24, 2.45) is 0 Å². The van der Waals surface area contributed by atoms with Gasteiger partial charge in [-0.3, -0.25) is 9.71 Å². The minimum Gasteiger partial charge on any atom is -0.497 e. The molecule has 9 nitrogen and oxygen atoms in total. The van der Waals surface area contributed by atoms with E-state index in [1.165, 1.54) is 13.2 Å². The summed E-state index contributed by atoms with van der Waals surface area (Å²) < 4.78 is 48.9. The molecule has 3 aromatic heterocycles. The number of pyridine rings is 1. The summed E-state index contributed by atoms with van der Waals surface area (Å²) in [5.74, 6) is -0.141. The minimum absolute atomic E-state index is 0.222. The Hall–Kier alpha value is -4.38. The number of hydrogen-bond acceptors (Lipinski definition) is 7. The Morgan fingerprint density at radius 2 is 1.76 bits per heavy atom. The van der Waals surface area contributed by atoms with E-state index in [1.807, 2.05) is 0 Å². The van der Waals surface area contributed by atoms with E-state index in [2.05, 4.69) is 25.0 Å². The van der Waals surface area contributed by atoms with Gasteiger partial charge >= 0.3 is 0 Å². The molecule has 0 saturated carbocycles. The third kappa shape index (κ3) is 4.04. The van der Waals surface area contributed by atoms with Crippen LogP contribution >= 0.6 is 0 Å². The molecule has 0 aliphatic heterocycles. The molecular weight excluding hydrogens is 459 g/mol. The van der Waals surface area contributed by atoms with Gasteiger partial charge in [-0.15, -0.1) is 10.2 Å². The van der Waals surface area contributed by atoms with Crippen molar-refractivity contribution in [1.82, 2.24) is 24.8 Å². The first kappa shape index (κ1) is 21.5. The van der Waals surface area contributed by atoms with Crippen LogP contribution in [0.5, 0.6) is 5.75 Å². The second-order valence-corrected chi connectivity index (χ2v) is 8.88. The number of halogens is 1. The van der Waals surface area contributed by atoms with Crippen LogP contribution in [-0.2, 0) is 10.0 Å². The van der Waals surface area contributed by atoms with Crippen molar-refractivity contribution in [3.63, 3.8) is 0 Å². The highest BCUT2D eigenvalue weighted by Gasteiger charge is 2.20. The van der Waals surface area contributed by atoms with Crippen LogP contribution in [0, 0.1) is 5.82 Å². The zero-order chi connectivity index (χ0) is 23.7. The van der Waals surface area contributed by atoms with Gasteiger partial charge in [0, 0.05) is 35.3 Å². The normalized spacial score (nSPS) is 11.5. The molecule has 0 radical (unpaired) electrons. The van der Waals surface area contributed by atoms with Gasteiger partial charge in [-0.25, -0.2) is 12.8 Å². The highest BCUT2D eigenvalue weighted by Crippen LogP contribution is 2.26. The Labute approximate surface area is 193 Å². The van der Waals surface area contributed by atoms with Gasteiger partial charge in [0.2, 0.25) is 0 Å². The third-order valence-electron chi connectivity index (χ3n) is 5.04. The lowest BCUT2D eigenvalue weighted by molar-refractivity contribution is 0.410. The van der Waals surface area contributed by atoms with Crippen LogP contribution in [0.3, 0.4) is 0 Å². The first-order valence-electron chi connectivity index (χ1n) is 10.0. The molecule has 34 heavy (non-hydrogen) atoms. The van der Waals surface area contributed by atoms with Gasteiger partial charge in [0.1, 0.15) is 16.5 Å². The number of anilines is 1. The molecule has 0 fully saturated rings. The Kier molecular flexibility index (Phi) is 5.38. The van der Waals surface area contributed by atoms with Crippen LogP contribution in [0.2, 0.25) is 0 Å². The monoisotopic (exact) mass is 476 g/mol. The maximum Gasteiger partial charge on any atom is 0.264 e. The number of sulfonamides is 1. The fraction of sp³-hybridized carbons (Fsp3) is 0.0435. The molecule has 0 aliphatic rings. The maximum atomic E-state index is 14.3. The fourth-order valence-corrected chi connectivity index (χ4v) is 4.51. The smallest absolute Gasteiger partial charge is 0.264 e. The van der Waals surface area contributed by atoms with Crippen molar-refractivity contribution in [3.8, 4) is 28.4 Å². The molecule has 3 heterocycles. The molecule has 0 bridgehead atoms. The summed E-state index contributed by atoms with van der Waals surface area (Å²) in [6.45, 7) is 0. The highest BCUT2D eigenvalue weighted by atomic mass is 32.2. The van der Waals surface area contributed by atoms with E-state index < -0.39 is 20.7 Å². The van der Waals surface area contributed by atoms with Crippen LogP contribution < -0.4 is 9.46 Å². The summed E-state index contributed by atoms with van der Waals surface area (Å²) >= 11 is 0. The summed E-state index contributed by atoms with van der Waals surface area (Å²) in [4.78, 5) is 3.53. The topological polar surface area (TPSA) is 111 Å². The first-order chi connectivity index (χ1) is 16.4. The minimum atomic E-state index is -4.17. The molecule has 2 aromatic carbocycles. The van der Waals surface area contributed by atoms with Crippen molar-refractivity contribution < 1.29 is 17.5 Å². The number of fused-ring (bicyclic) bond motifs is 1. The number of benzene rings is 2. The lowest BCUT2D eigenvalue weighted by Crippen LogP contribution is -2.14. The average Bonchev–Trinajstić information content (AvgIpc) is 3.27. The van der Waals surface area contributed by atoms with Crippen LogP contribution in [0.15, 0.2) is 84.0 Å². The van der Waals surface area contributed by atoms with Crippen LogP contribution in [0.4, 0.5) is 10.1 Å². The zero-order valence-corrected chi connectivity index (χ0v) is 18.6. The standard InChI is InChI=1S/C23H17FN6O3S/c1-33-18-5-7-21(19(24)14-18)34(31,32)29-17-4-2-3-16(13-17)20-6-8-22-26-27-23(30(22)28-20)15-9-11-25-12-10-15/h2-14,29H,1H3. The maximum absolute atomic E-state index is 14.3. The molecule has 0 unspecified atom stereocenters. The Bertz CT molecular complexity index is 1610. The van der Waals surface area contributed by atoms with E-state index in [1.54, 1.807) is 65.4 Å². The molecule has 0 saturated heterocycles. The lowest BCUT2D eigenvalue weighted by atomic mass is 10.1. The molecule has 1 N–H and O–H groups in total. The van der Waals surface area contributed by atoms with Crippen LogP contribution in [-0.4, -0.2) is 40.3 Å². The largest absolute Gasteiger partial charge is 0.497 e. The van der Waals surface area contributed by atoms with Crippen LogP contribution in [0.1, 0.15) is 0 Å². The molecular formula is C23H17FN6O3S. The van der Waals surface area contributed by atoms with Crippen LogP contribution in [0.25, 0.3) is 28.3 Å². The summed E-state index contributed by atoms with van der Waals surface area (Å²) in [6.07, 6.45) is 3.31. The quantitative estimate of drug-likeness (QED) is 0.397. The Morgan fingerprint density at radius 1 is 0.941 bits per heavy atom. The second-order valence-electron chi connectivity index (χ2n) is 7.23. The molecule has 5 rings (SSSR count). The molecule has 0 spiro atoms. The van der Waals surface area contributed by atoms with Crippen molar-refractivity contribution in [2.45, 2.75) is 4.90 Å². The SMILES string of the molecule is COc1ccc(S(=O)(=O)Nc2cccc(-c3ccc4nnc(-c5ccncc5)n4n3)c2)c(F)c1. The second kappa shape index (κ2) is 8.52. The van der Waals surface area contributed by atoms with Gasteiger partial charge < -0.3 is 4.74 Å². The number of methoxy groups -OCH3 is 1. The van der Waals surface area contributed by atoms with Gasteiger partial charge in [-0.05, 0) is 48.5 Å². The number of nitrogens with zero attached hydrogens (tertiary/aromatic N) is 5. The van der Waals surface area contributed by atoms with Crippen molar-refractivity contribution in [3.05, 3.63) is 84.9 Å². The zero-order valence-electron chi connectivity index (χ0n) is 17.8. The first-order valence-corrected chi connectivity index (χ1v) is 11.5. The molecule has 11 heteroatoms. The van der Waals surface area contributed by atoms with E-state index >= 15 is 0 Å². The summed E-state index contributed by atoms with van der Waals surface area (Å²) in [5, 5.41) is 13.0. The van der Waals surface area contributed by atoms with Crippen molar-refractivity contribution >= 4 is 21.4 Å². The summed E-state index contributed by atoms with van der Waals surface area (Å²) in [6, 6.07) is 17.3. The van der Waals surface area contributed by atoms with E-state index in [4.69, 9.17) is 4.74 Å². The third-order valence-corrected chi connectivity index (χ3v) is 6.45. The van der Waals surface area contributed by atoms with E-state index in [0.29, 0.717) is 22.7 Å². The molecule has 0 aliphatic carbocycles. The molecule has 0 atom stereocenters. The Balaban J connectivity index is 1.49. The van der Waals surface area contributed by atoms with E-state index in [0.717, 1.165) is 17.7 Å². The van der Waals surface area contributed by atoms with Gasteiger partial charge in [0.05, 0.1) is 12.8 Å². The lowest BCUT2D eigenvalue weighted by Gasteiger charge is -2.11. The number of ether oxygens (including phenoxy) is 1. The number of nitrogens with one attached hydrogen (secondary N) is 1. The van der Waals surface area contributed by atoms with Crippen molar-refractivity contribution in [2.75, 3.05) is 11.8 Å². The number of rotatable bonds is 6. The summed E-state index contributed by atoms with van der Waals surface area (Å²) in [5.41, 5.74) is 2.83. The molecule has 170 valence electrons. The van der Waals surface area contributed by atoms with Gasteiger partial charge in [0.25, 0.3) is 10.0 Å². The molecule has 5 aromatic rings. The Morgan fingerprint density at radius 3 is 2.53 bits per heavy atom. The van der Waals surface area contributed by atoms with E-state index in [-0.39, 0.29) is 11.4 Å². The fourth-order valence-electron chi connectivity index (χ4n) is 3.40. The van der Waals surface area contributed by atoms with Gasteiger partial charge in [-0.1, -0.05) is 12.1 Å². The predicted molar refractivity (Wildman–Crippen MR) is 123 cm³/mol. The number of aromatic nitrogens is 5. The van der Waals surface area contributed by atoms with Gasteiger partial charge in [-0.2, -0.15) is 9.61 Å². The van der Waals surface area contributed by atoms with E-state index in [9.17, 15) is 12.8 Å². The average molecular weight is 476 g/mol. The van der Waals surface area contributed by atoms with Crippen molar-refractivity contribution in [1.29, 1.82) is 0 Å². The molecule has 0 amide bonds. The highest BCUT2D eigenvalue weighted by molar-refractivity contribution is 7.92. The summed E-state index contributed by atoms with van der Waals surface area (Å²) in [7, 11) is -2.80. The number of hydrogen-bond donors (Lipinski definition) is 1. The van der Waals surface area contributed by atoms with Gasteiger partial charge in [0.15, 0.2) is 11.5 Å². The predicted octanol–water partition coefficient (Wildman–Crippen LogP) is 3.80.